The third-order valence-corrected chi connectivity index (χ3v) is 3.98. The van der Waals surface area contributed by atoms with Crippen molar-refractivity contribution in [2.75, 3.05) is 25.6 Å². The molecular weight excluding hydrogens is 342 g/mol. The number of carbonyl (C=O) groups is 2. The van der Waals surface area contributed by atoms with Crippen molar-refractivity contribution >= 4 is 27.8 Å². The molecule has 24 heavy (non-hydrogen) atoms. The number of carboxylic acids is 1. The zero-order valence-corrected chi connectivity index (χ0v) is 14.0. The van der Waals surface area contributed by atoms with Gasteiger partial charge in [0, 0.05) is 12.2 Å². The molecule has 0 heterocycles. The summed E-state index contributed by atoms with van der Waals surface area (Å²) >= 11 is 0. The van der Waals surface area contributed by atoms with Gasteiger partial charge in [-0.2, -0.15) is 4.72 Å². The number of benzene rings is 1. The molecule has 6 N–H and O–H groups in total. The maximum atomic E-state index is 11.9. The lowest BCUT2D eigenvalue weighted by Crippen LogP contribution is -2.38. The van der Waals surface area contributed by atoms with Gasteiger partial charge in [-0.25, -0.2) is 13.2 Å². The summed E-state index contributed by atoms with van der Waals surface area (Å²) in [5.74, 6) is -1.28. The van der Waals surface area contributed by atoms with Crippen molar-refractivity contribution < 1.29 is 33.0 Å². The fourth-order valence-corrected chi connectivity index (χ4v) is 2.43. The van der Waals surface area contributed by atoms with E-state index in [-0.39, 0.29) is 11.5 Å². The number of ether oxygens (including phenoxy) is 1. The second-order valence-electron chi connectivity index (χ2n) is 4.33. The van der Waals surface area contributed by atoms with E-state index in [0.29, 0.717) is 12.2 Å². The molecule has 10 nitrogen and oxygen atoms in total. The number of aliphatic hydroxyl groups excluding tert-OH is 1. The first kappa shape index (κ1) is 21.8. The minimum Gasteiger partial charge on any atom is -0.480 e. The van der Waals surface area contributed by atoms with E-state index in [4.69, 9.17) is 15.9 Å². The molecule has 0 aromatic heterocycles. The Bertz CT molecular complexity index is 629. The quantitative estimate of drug-likeness (QED) is 0.453. The van der Waals surface area contributed by atoms with Gasteiger partial charge in [-0.3, -0.25) is 10.1 Å². The van der Waals surface area contributed by atoms with E-state index in [1.54, 1.807) is 0 Å². The largest absolute Gasteiger partial charge is 0.480 e. The van der Waals surface area contributed by atoms with Crippen molar-refractivity contribution in [2.45, 2.75) is 17.9 Å². The zero-order chi connectivity index (χ0) is 18.8. The third-order valence-electron chi connectivity index (χ3n) is 2.43. The molecule has 0 aliphatic carbocycles. The Morgan fingerprint density at radius 2 is 1.79 bits per heavy atom. The number of aliphatic carboxylic acids is 1. The Morgan fingerprint density at radius 3 is 2.17 bits per heavy atom. The molecule has 0 aliphatic heterocycles. The lowest BCUT2D eigenvalue weighted by molar-refractivity contribution is -0.138. The van der Waals surface area contributed by atoms with Crippen LogP contribution in [0.25, 0.3) is 0 Å². The Hall–Kier alpha value is -2.21. The van der Waals surface area contributed by atoms with Crippen LogP contribution >= 0.6 is 0 Å². The Balaban J connectivity index is 0.00000118. The molecule has 1 rings (SSSR count). The number of carboxylic acid groups (broad SMARTS) is 1. The number of hydrogen-bond donors (Lipinski definition) is 5. The summed E-state index contributed by atoms with van der Waals surface area (Å²) in [4.78, 5) is 21.5. The fourth-order valence-electron chi connectivity index (χ4n) is 1.24. The van der Waals surface area contributed by atoms with E-state index in [1.807, 2.05) is 4.72 Å². The van der Waals surface area contributed by atoms with Crippen LogP contribution in [0.1, 0.15) is 6.92 Å². The normalized spacial score (nSPS) is 11.7. The molecule has 1 aromatic carbocycles. The van der Waals surface area contributed by atoms with E-state index in [9.17, 15) is 18.0 Å². The molecule has 0 spiro atoms. The number of hydrogen-bond acceptors (Lipinski definition) is 7. The average molecular weight is 363 g/mol. The van der Waals surface area contributed by atoms with Crippen LogP contribution in [0.4, 0.5) is 10.5 Å². The van der Waals surface area contributed by atoms with Crippen molar-refractivity contribution in [3.63, 3.8) is 0 Å². The van der Waals surface area contributed by atoms with Crippen molar-refractivity contribution in [3.8, 4) is 0 Å². The van der Waals surface area contributed by atoms with Crippen LogP contribution in [0.15, 0.2) is 29.2 Å². The van der Waals surface area contributed by atoms with Gasteiger partial charge in [0.25, 0.3) is 0 Å². The number of anilines is 1. The number of amides is 1. The Morgan fingerprint density at radius 1 is 1.29 bits per heavy atom. The predicted molar refractivity (Wildman–Crippen MR) is 86.0 cm³/mol. The minimum atomic E-state index is -3.93. The van der Waals surface area contributed by atoms with Crippen molar-refractivity contribution in [1.82, 2.24) is 4.72 Å². The molecule has 0 radical (unpaired) electrons. The van der Waals surface area contributed by atoms with Gasteiger partial charge >= 0.3 is 12.1 Å². The highest BCUT2D eigenvalue weighted by atomic mass is 32.2. The van der Waals surface area contributed by atoms with Gasteiger partial charge in [-0.05, 0) is 31.2 Å². The second-order valence-corrected chi connectivity index (χ2v) is 6.05. The van der Waals surface area contributed by atoms with Gasteiger partial charge in [0.2, 0.25) is 10.0 Å². The highest BCUT2D eigenvalue weighted by Crippen LogP contribution is 2.14. The molecule has 136 valence electrons. The van der Waals surface area contributed by atoms with Gasteiger partial charge < -0.3 is 20.7 Å². The number of sulfonamides is 1. The molecule has 0 bridgehead atoms. The van der Waals surface area contributed by atoms with Gasteiger partial charge in [0.05, 0.1) is 18.6 Å². The number of rotatable bonds is 6. The standard InChI is InChI=1S/C11H14N2O6S.C2H7NO/c1-7(10(14)15)13-20(17,18)9-5-3-8(4-6-9)12-11(16)19-2;3-1-2-4/h3-7,13H,1-2H3,(H,12,16)(H,14,15);4H,1-3H2/t7-;/m1./s1. The number of methoxy groups -OCH3 is 1. The minimum absolute atomic E-state index is 0.0972. The maximum Gasteiger partial charge on any atom is 0.411 e. The van der Waals surface area contributed by atoms with Crippen LogP contribution < -0.4 is 15.8 Å². The van der Waals surface area contributed by atoms with Gasteiger partial charge in [-0.15, -0.1) is 0 Å². The Kier molecular flexibility index (Phi) is 9.57. The Labute approximate surface area is 139 Å². The summed E-state index contributed by atoms with van der Waals surface area (Å²) in [6.07, 6.45) is -0.682. The van der Waals surface area contributed by atoms with Crippen LogP contribution in [0, 0.1) is 0 Å². The molecule has 0 fully saturated rings. The van der Waals surface area contributed by atoms with E-state index in [0.717, 1.165) is 0 Å². The smallest absolute Gasteiger partial charge is 0.411 e. The van der Waals surface area contributed by atoms with Gasteiger partial charge in [0.1, 0.15) is 6.04 Å². The summed E-state index contributed by atoms with van der Waals surface area (Å²) in [5.41, 5.74) is 5.13. The highest BCUT2D eigenvalue weighted by Gasteiger charge is 2.21. The van der Waals surface area contributed by atoms with Crippen LogP contribution in [0.5, 0.6) is 0 Å². The van der Waals surface area contributed by atoms with E-state index in [2.05, 4.69) is 10.1 Å². The number of nitrogens with one attached hydrogen (secondary N) is 2. The molecule has 0 saturated carbocycles. The first-order chi connectivity index (χ1) is 11.2. The van der Waals surface area contributed by atoms with E-state index >= 15 is 0 Å². The summed E-state index contributed by atoms with van der Waals surface area (Å²) in [5, 5.41) is 18.8. The van der Waals surface area contributed by atoms with E-state index < -0.39 is 28.1 Å². The predicted octanol–water partition coefficient (Wildman–Crippen LogP) is -0.446. The summed E-state index contributed by atoms with van der Waals surface area (Å²) in [7, 11) is -2.73. The number of nitrogens with two attached hydrogens (primary N) is 1. The zero-order valence-electron chi connectivity index (χ0n) is 13.2. The van der Waals surface area contributed by atoms with Crippen LogP contribution in [0.2, 0.25) is 0 Å². The molecule has 11 heteroatoms. The van der Waals surface area contributed by atoms with Crippen LogP contribution in [-0.2, 0) is 19.6 Å². The number of aliphatic hydroxyl groups is 1. The van der Waals surface area contributed by atoms with Crippen molar-refractivity contribution in [2.24, 2.45) is 5.73 Å². The molecule has 1 aromatic rings. The fraction of sp³-hybridized carbons (Fsp3) is 0.385. The van der Waals surface area contributed by atoms with Crippen LogP contribution in [-0.4, -0.2) is 57.0 Å². The average Bonchev–Trinajstić information content (AvgIpc) is 2.55. The molecule has 0 saturated heterocycles. The van der Waals surface area contributed by atoms with E-state index in [1.165, 1.54) is 38.3 Å². The molecular formula is C13H21N3O7S. The molecule has 1 atom stereocenters. The third kappa shape index (κ3) is 7.87. The highest BCUT2D eigenvalue weighted by molar-refractivity contribution is 7.89. The molecule has 0 unspecified atom stereocenters. The van der Waals surface area contributed by atoms with Gasteiger partial charge in [0.15, 0.2) is 0 Å². The second kappa shape index (κ2) is 10.5. The van der Waals surface area contributed by atoms with Gasteiger partial charge in [-0.1, -0.05) is 0 Å². The first-order valence-corrected chi connectivity index (χ1v) is 8.17. The number of carbonyl (C=O) groups excluding carboxylic acids is 1. The van der Waals surface area contributed by atoms with Crippen LogP contribution in [0.3, 0.4) is 0 Å². The molecule has 1 amide bonds. The van der Waals surface area contributed by atoms with Crippen molar-refractivity contribution in [3.05, 3.63) is 24.3 Å². The first-order valence-electron chi connectivity index (χ1n) is 6.69. The topological polar surface area (TPSA) is 168 Å². The monoisotopic (exact) mass is 363 g/mol. The van der Waals surface area contributed by atoms with Crippen molar-refractivity contribution in [1.29, 1.82) is 0 Å². The lowest BCUT2D eigenvalue weighted by Gasteiger charge is -2.10. The SMILES string of the molecule is COC(=O)Nc1ccc(S(=O)(=O)N[C@H](C)C(=O)O)cc1.NCCO. The summed E-state index contributed by atoms with van der Waals surface area (Å²) in [6, 6.07) is 3.95. The molecule has 0 aliphatic rings. The summed E-state index contributed by atoms with van der Waals surface area (Å²) < 4.78 is 30.1. The summed E-state index contributed by atoms with van der Waals surface area (Å²) in [6.45, 7) is 1.69. The maximum absolute atomic E-state index is 11.9. The lowest BCUT2D eigenvalue weighted by atomic mass is 10.3.